The minimum Gasteiger partial charge on any atom is -0.279 e. The van der Waals surface area contributed by atoms with Crippen LogP contribution in [-0.2, 0) is 16.6 Å². The van der Waals surface area contributed by atoms with Gasteiger partial charge in [-0.1, -0.05) is 0 Å². The van der Waals surface area contributed by atoms with E-state index in [1.807, 2.05) is 6.92 Å². The van der Waals surface area contributed by atoms with Crippen LogP contribution in [0.5, 0.6) is 0 Å². The zero-order chi connectivity index (χ0) is 16.5. The van der Waals surface area contributed by atoms with Gasteiger partial charge in [0.05, 0.1) is 22.5 Å². The van der Waals surface area contributed by atoms with E-state index in [4.69, 9.17) is 0 Å². The second-order valence-electron chi connectivity index (χ2n) is 4.44. The van der Waals surface area contributed by atoms with Crippen molar-refractivity contribution in [3.05, 3.63) is 46.0 Å². The Labute approximate surface area is 125 Å². The van der Waals surface area contributed by atoms with Crippen LogP contribution in [0.25, 0.3) is 0 Å². The van der Waals surface area contributed by atoms with Gasteiger partial charge >= 0.3 is 5.69 Å². The lowest BCUT2D eigenvalue weighted by molar-refractivity contribution is -0.387. The molecule has 1 N–H and O–H groups in total. The number of aryl methyl sites for hydroxylation is 1. The van der Waals surface area contributed by atoms with Crippen molar-refractivity contribution in [3.63, 3.8) is 0 Å². The lowest BCUT2D eigenvalue weighted by Gasteiger charge is -2.08. The summed E-state index contributed by atoms with van der Waals surface area (Å²) in [7, 11) is -3.97. The Bertz CT molecular complexity index is 832. The lowest BCUT2D eigenvalue weighted by atomic mass is 10.3. The first-order chi connectivity index (χ1) is 10.3. The van der Waals surface area contributed by atoms with Gasteiger partial charge in [-0.25, -0.2) is 8.42 Å². The van der Waals surface area contributed by atoms with Crippen molar-refractivity contribution in [2.45, 2.75) is 25.3 Å². The van der Waals surface area contributed by atoms with Crippen molar-refractivity contribution in [1.29, 1.82) is 0 Å². The molecule has 0 bridgehead atoms. The molecule has 0 amide bonds. The molecule has 0 atom stereocenters. The third-order valence-electron chi connectivity index (χ3n) is 3.04. The lowest BCUT2D eigenvalue weighted by Crippen LogP contribution is -2.14. The number of nitrogens with zero attached hydrogens (tertiary/aromatic N) is 3. The van der Waals surface area contributed by atoms with E-state index in [0.717, 1.165) is 18.2 Å². The first-order valence-electron chi connectivity index (χ1n) is 6.25. The van der Waals surface area contributed by atoms with Crippen LogP contribution in [0, 0.1) is 22.9 Å². The van der Waals surface area contributed by atoms with Gasteiger partial charge in [-0.3, -0.25) is 19.5 Å². The number of aromatic nitrogens is 2. The number of hydrogen-bond donors (Lipinski definition) is 1. The van der Waals surface area contributed by atoms with Gasteiger partial charge in [0.1, 0.15) is 4.90 Å². The zero-order valence-electron chi connectivity index (χ0n) is 11.8. The standard InChI is InChI=1S/C12H13FN4O4S/c1-3-16-8(2)12(7-14-16)22(20,21)15-9-4-5-10(13)11(6-9)17(18)19/h4-7,15H,3H2,1-2H3. The Morgan fingerprint density at radius 3 is 2.68 bits per heavy atom. The highest BCUT2D eigenvalue weighted by Crippen LogP contribution is 2.24. The number of anilines is 1. The van der Waals surface area contributed by atoms with E-state index >= 15 is 0 Å². The number of sulfonamides is 1. The fourth-order valence-corrected chi connectivity index (χ4v) is 3.17. The molecule has 1 aromatic carbocycles. The molecule has 0 saturated carbocycles. The molecule has 0 radical (unpaired) electrons. The first-order valence-corrected chi connectivity index (χ1v) is 7.73. The third kappa shape index (κ3) is 2.91. The Kier molecular flexibility index (Phi) is 4.13. The van der Waals surface area contributed by atoms with Gasteiger partial charge in [0.15, 0.2) is 0 Å². The number of rotatable bonds is 5. The van der Waals surface area contributed by atoms with E-state index in [0.29, 0.717) is 12.2 Å². The van der Waals surface area contributed by atoms with E-state index in [1.54, 1.807) is 6.92 Å². The van der Waals surface area contributed by atoms with Crippen molar-refractivity contribution in [1.82, 2.24) is 9.78 Å². The average molecular weight is 328 g/mol. The maximum atomic E-state index is 13.3. The van der Waals surface area contributed by atoms with Gasteiger partial charge in [0.25, 0.3) is 10.0 Å². The maximum Gasteiger partial charge on any atom is 0.306 e. The molecular formula is C12H13FN4O4S. The highest BCUT2D eigenvalue weighted by atomic mass is 32.2. The smallest absolute Gasteiger partial charge is 0.279 e. The third-order valence-corrected chi connectivity index (χ3v) is 4.53. The average Bonchev–Trinajstić information content (AvgIpc) is 2.82. The van der Waals surface area contributed by atoms with Crippen LogP contribution < -0.4 is 4.72 Å². The second-order valence-corrected chi connectivity index (χ2v) is 6.09. The molecule has 0 fully saturated rings. The van der Waals surface area contributed by atoms with Crippen LogP contribution in [0.3, 0.4) is 0 Å². The molecule has 0 aliphatic heterocycles. The highest BCUT2D eigenvalue weighted by molar-refractivity contribution is 7.92. The molecule has 0 unspecified atom stereocenters. The van der Waals surface area contributed by atoms with Crippen LogP contribution in [0.15, 0.2) is 29.3 Å². The van der Waals surface area contributed by atoms with E-state index < -0.39 is 26.5 Å². The quantitative estimate of drug-likeness (QED) is 0.668. The molecule has 22 heavy (non-hydrogen) atoms. The zero-order valence-corrected chi connectivity index (χ0v) is 12.6. The highest BCUT2D eigenvalue weighted by Gasteiger charge is 2.22. The Balaban J connectivity index is 2.39. The van der Waals surface area contributed by atoms with Crippen LogP contribution >= 0.6 is 0 Å². The Morgan fingerprint density at radius 1 is 1.45 bits per heavy atom. The monoisotopic (exact) mass is 328 g/mol. The largest absolute Gasteiger partial charge is 0.306 e. The number of hydrogen-bond acceptors (Lipinski definition) is 5. The summed E-state index contributed by atoms with van der Waals surface area (Å²) in [5.74, 6) is -1.04. The van der Waals surface area contributed by atoms with Crippen molar-refractivity contribution >= 4 is 21.4 Å². The fraction of sp³-hybridized carbons (Fsp3) is 0.250. The van der Waals surface area contributed by atoms with Crippen molar-refractivity contribution < 1.29 is 17.7 Å². The molecular weight excluding hydrogens is 315 g/mol. The maximum absolute atomic E-state index is 13.3. The van der Waals surface area contributed by atoms with Crippen LogP contribution in [0.2, 0.25) is 0 Å². The fourth-order valence-electron chi connectivity index (χ4n) is 1.94. The molecule has 0 spiro atoms. The van der Waals surface area contributed by atoms with Crippen molar-refractivity contribution in [3.8, 4) is 0 Å². The summed E-state index contributed by atoms with van der Waals surface area (Å²) < 4.78 is 41.5. The molecule has 0 saturated heterocycles. The normalized spacial score (nSPS) is 11.4. The number of halogens is 1. The van der Waals surface area contributed by atoms with Crippen LogP contribution in [-0.4, -0.2) is 23.1 Å². The predicted molar refractivity (Wildman–Crippen MR) is 76.5 cm³/mol. The molecule has 2 aromatic rings. The van der Waals surface area contributed by atoms with E-state index in [-0.39, 0.29) is 10.6 Å². The van der Waals surface area contributed by atoms with Gasteiger partial charge in [0.2, 0.25) is 5.82 Å². The minimum atomic E-state index is -3.97. The van der Waals surface area contributed by atoms with E-state index in [1.165, 1.54) is 10.9 Å². The number of nitrogens with one attached hydrogen (secondary N) is 1. The number of nitro benzene ring substituents is 1. The van der Waals surface area contributed by atoms with Crippen molar-refractivity contribution in [2.75, 3.05) is 4.72 Å². The number of nitro groups is 1. The van der Waals surface area contributed by atoms with Gasteiger partial charge in [-0.2, -0.15) is 9.49 Å². The summed E-state index contributed by atoms with van der Waals surface area (Å²) in [4.78, 5) is 9.72. The van der Waals surface area contributed by atoms with Gasteiger partial charge in [-0.05, 0) is 26.0 Å². The molecule has 1 heterocycles. The predicted octanol–water partition coefficient (Wildman–Crippen LogP) is 2.06. The molecule has 0 aliphatic carbocycles. The van der Waals surface area contributed by atoms with Gasteiger partial charge < -0.3 is 0 Å². The van der Waals surface area contributed by atoms with E-state index in [9.17, 15) is 22.9 Å². The summed E-state index contributed by atoms with van der Waals surface area (Å²) in [6.45, 7) is 3.91. The SMILES string of the molecule is CCn1ncc(S(=O)(=O)Nc2ccc(F)c([N+](=O)[O-])c2)c1C. The topological polar surface area (TPSA) is 107 Å². The molecule has 118 valence electrons. The Hall–Kier alpha value is -2.49. The van der Waals surface area contributed by atoms with E-state index in [2.05, 4.69) is 9.82 Å². The van der Waals surface area contributed by atoms with Gasteiger partial charge in [-0.15, -0.1) is 0 Å². The Morgan fingerprint density at radius 2 is 2.14 bits per heavy atom. The summed E-state index contributed by atoms with van der Waals surface area (Å²) in [5, 5.41) is 14.6. The molecule has 2 rings (SSSR count). The molecule has 10 heteroatoms. The summed E-state index contributed by atoms with van der Waals surface area (Å²) in [5.41, 5.74) is -0.468. The summed E-state index contributed by atoms with van der Waals surface area (Å²) in [6, 6.07) is 2.77. The van der Waals surface area contributed by atoms with Crippen LogP contribution in [0.1, 0.15) is 12.6 Å². The first kappa shape index (κ1) is 15.9. The molecule has 8 nitrogen and oxygen atoms in total. The second kappa shape index (κ2) is 5.72. The van der Waals surface area contributed by atoms with Crippen molar-refractivity contribution in [2.24, 2.45) is 0 Å². The summed E-state index contributed by atoms with van der Waals surface area (Å²) in [6.07, 6.45) is 1.19. The van der Waals surface area contributed by atoms with Crippen LogP contribution in [0.4, 0.5) is 15.8 Å². The van der Waals surface area contributed by atoms with Gasteiger partial charge in [0, 0.05) is 12.6 Å². The molecule has 0 aliphatic rings. The summed E-state index contributed by atoms with van der Waals surface area (Å²) >= 11 is 0. The number of benzene rings is 1. The minimum absolute atomic E-state index is 0.0404. The molecule has 1 aromatic heterocycles.